The largest absolute Gasteiger partial charge is 0.416 e. The number of rotatable bonds is 5. The van der Waals surface area contributed by atoms with Crippen LogP contribution in [0.15, 0.2) is 48.5 Å². The van der Waals surface area contributed by atoms with Crippen molar-refractivity contribution in [3.63, 3.8) is 0 Å². The van der Waals surface area contributed by atoms with E-state index in [4.69, 9.17) is 17.0 Å². The Morgan fingerprint density at radius 1 is 1.00 bits per heavy atom. The van der Waals surface area contributed by atoms with Crippen LogP contribution in [0.25, 0.3) is 0 Å². The Kier molecular flexibility index (Phi) is 6.01. The minimum Gasteiger partial charge on any atom is -0.371 e. The third-order valence-corrected chi connectivity index (χ3v) is 5.14. The molecular weight excluding hydrogens is 430 g/mol. The minimum atomic E-state index is -4.91. The Hall–Kier alpha value is -2.33. The molecule has 0 aliphatic carbocycles. The van der Waals surface area contributed by atoms with Gasteiger partial charge in [-0.1, -0.05) is 30.3 Å². The van der Waals surface area contributed by atoms with Crippen LogP contribution >= 0.6 is 12.2 Å². The molecule has 1 saturated heterocycles. The third-order valence-electron chi connectivity index (χ3n) is 4.89. The molecule has 2 atom stereocenters. The van der Waals surface area contributed by atoms with Crippen molar-refractivity contribution in [3.05, 3.63) is 70.8 Å². The molecule has 2 aromatic rings. The summed E-state index contributed by atoms with van der Waals surface area (Å²) < 4.78 is 84.5. The molecule has 1 heterocycles. The van der Waals surface area contributed by atoms with Gasteiger partial charge < -0.3 is 15.4 Å². The van der Waals surface area contributed by atoms with Crippen molar-refractivity contribution in [1.82, 2.24) is 10.6 Å². The first-order valence-corrected chi connectivity index (χ1v) is 9.34. The number of hydrogen-bond donors (Lipinski definition) is 2. The van der Waals surface area contributed by atoms with Crippen molar-refractivity contribution in [3.8, 4) is 0 Å². The summed E-state index contributed by atoms with van der Waals surface area (Å²) in [4.78, 5) is 0. The summed E-state index contributed by atoms with van der Waals surface area (Å²) in [5.41, 5.74) is -2.93. The average molecular weight is 448 g/mol. The van der Waals surface area contributed by atoms with E-state index in [9.17, 15) is 26.3 Å². The molecule has 1 aliphatic rings. The fourth-order valence-electron chi connectivity index (χ4n) is 3.22. The summed E-state index contributed by atoms with van der Waals surface area (Å²) in [5, 5.41) is 6.45. The number of ether oxygens (including phenoxy) is 1. The van der Waals surface area contributed by atoms with Crippen molar-refractivity contribution in [2.24, 2.45) is 0 Å². The molecule has 0 bridgehead atoms. The molecule has 30 heavy (non-hydrogen) atoms. The lowest BCUT2D eigenvalue weighted by molar-refractivity contribution is -0.143. The van der Waals surface area contributed by atoms with Crippen molar-refractivity contribution in [2.75, 3.05) is 13.2 Å². The smallest absolute Gasteiger partial charge is 0.371 e. The molecule has 162 valence electrons. The van der Waals surface area contributed by atoms with Crippen LogP contribution in [0.2, 0.25) is 0 Å². The van der Waals surface area contributed by atoms with Crippen LogP contribution in [-0.2, 0) is 22.6 Å². The molecule has 0 radical (unpaired) electrons. The van der Waals surface area contributed by atoms with Crippen LogP contribution in [0.5, 0.6) is 0 Å². The van der Waals surface area contributed by atoms with E-state index >= 15 is 0 Å². The van der Waals surface area contributed by atoms with Gasteiger partial charge in [-0.15, -0.1) is 0 Å². The molecule has 1 fully saturated rings. The topological polar surface area (TPSA) is 33.3 Å². The van der Waals surface area contributed by atoms with Crippen molar-refractivity contribution < 1.29 is 31.1 Å². The monoisotopic (exact) mass is 448 g/mol. The molecule has 0 unspecified atom stereocenters. The highest BCUT2D eigenvalue weighted by atomic mass is 32.1. The second-order valence-electron chi connectivity index (χ2n) is 7.05. The second kappa shape index (κ2) is 8.07. The molecule has 1 aliphatic heterocycles. The van der Waals surface area contributed by atoms with E-state index in [0.717, 1.165) is 5.56 Å². The summed E-state index contributed by atoms with van der Waals surface area (Å²) in [6.45, 7) is 1.75. The lowest BCUT2D eigenvalue weighted by Crippen LogP contribution is -2.45. The van der Waals surface area contributed by atoms with Gasteiger partial charge in [0.05, 0.1) is 23.8 Å². The number of benzene rings is 2. The maximum absolute atomic E-state index is 13.1. The van der Waals surface area contributed by atoms with Gasteiger partial charge in [0.2, 0.25) is 0 Å². The fourth-order valence-corrected chi connectivity index (χ4v) is 3.48. The molecule has 0 saturated carbocycles. The second-order valence-corrected chi connectivity index (χ2v) is 7.46. The molecule has 10 heteroatoms. The van der Waals surface area contributed by atoms with Crippen LogP contribution in [-0.4, -0.2) is 18.3 Å². The third kappa shape index (κ3) is 4.86. The first-order chi connectivity index (χ1) is 13.9. The highest BCUT2D eigenvalue weighted by Gasteiger charge is 2.40. The van der Waals surface area contributed by atoms with Crippen molar-refractivity contribution in [1.29, 1.82) is 0 Å². The van der Waals surface area contributed by atoms with Crippen LogP contribution in [0.4, 0.5) is 26.3 Å². The van der Waals surface area contributed by atoms with Crippen LogP contribution in [0, 0.1) is 0 Å². The Labute approximate surface area is 174 Å². The molecule has 3 rings (SSSR count). The van der Waals surface area contributed by atoms with Crippen LogP contribution < -0.4 is 10.6 Å². The van der Waals surface area contributed by atoms with Gasteiger partial charge in [0.1, 0.15) is 5.54 Å². The number of hydrogen-bond acceptors (Lipinski definition) is 2. The van der Waals surface area contributed by atoms with Gasteiger partial charge >= 0.3 is 12.4 Å². The van der Waals surface area contributed by atoms with E-state index < -0.39 is 35.1 Å². The fraction of sp³-hybridized carbons (Fsp3) is 0.350. The Bertz CT molecular complexity index is 883. The van der Waals surface area contributed by atoms with Crippen molar-refractivity contribution >= 4 is 17.3 Å². The lowest BCUT2D eigenvalue weighted by Gasteiger charge is -2.30. The summed E-state index contributed by atoms with van der Waals surface area (Å²) in [7, 11) is 0. The summed E-state index contributed by atoms with van der Waals surface area (Å²) >= 11 is 5.13. The molecule has 3 nitrogen and oxygen atoms in total. The predicted molar refractivity (Wildman–Crippen MR) is 103 cm³/mol. The molecule has 2 aromatic carbocycles. The molecule has 0 aromatic heterocycles. The molecular formula is C20H18F6N2OS. The molecule has 0 spiro atoms. The number of alkyl halides is 6. The van der Waals surface area contributed by atoms with E-state index in [-0.39, 0.29) is 18.2 Å². The zero-order valence-electron chi connectivity index (χ0n) is 15.7. The van der Waals surface area contributed by atoms with Gasteiger partial charge in [-0.05, 0) is 48.5 Å². The molecule has 0 amide bonds. The highest BCUT2D eigenvalue weighted by Crippen LogP contribution is 2.38. The Balaban J connectivity index is 1.88. The maximum Gasteiger partial charge on any atom is 0.416 e. The standard InChI is InChI=1S/C20H18F6N2OS/c1-12(13-7-15(19(21,22)23)9-16(8-13)20(24,25)26)29-11-18(10-27-17(30)28-18)14-5-3-2-4-6-14/h2-9,12H,10-11H2,1H3,(H2,27,28,30)/t12-,18-/m1/s1. The van der Waals surface area contributed by atoms with Gasteiger partial charge in [-0.2, -0.15) is 26.3 Å². The van der Waals surface area contributed by atoms with Gasteiger partial charge in [0.15, 0.2) is 5.11 Å². The lowest BCUT2D eigenvalue weighted by atomic mass is 9.91. The molecule has 2 N–H and O–H groups in total. The summed E-state index contributed by atoms with van der Waals surface area (Å²) in [6, 6.07) is 10.6. The summed E-state index contributed by atoms with van der Waals surface area (Å²) in [5.74, 6) is 0. The van der Waals surface area contributed by atoms with Gasteiger partial charge in [0, 0.05) is 6.54 Å². The van der Waals surface area contributed by atoms with E-state index in [2.05, 4.69) is 10.6 Å². The number of halogens is 6. The van der Waals surface area contributed by atoms with Gasteiger partial charge in [0.25, 0.3) is 0 Å². The normalized spacial score (nSPS) is 20.6. The Morgan fingerprint density at radius 3 is 2.03 bits per heavy atom. The van der Waals surface area contributed by atoms with Crippen molar-refractivity contribution in [2.45, 2.75) is 30.9 Å². The Morgan fingerprint density at radius 2 is 1.57 bits per heavy atom. The zero-order chi connectivity index (χ0) is 22.2. The maximum atomic E-state index is 13.1. The van der Waals surface area contributed by atoms with E-state index in [1.54, 1.807) is 0 Å². The quantitative estimate of drug-likeness (QED) is 0.488. The van der Waals surface area contributed by atoms with E-state index in [0.29, 0.717) is 23.8 Å². The van der Waals surface area contributed by atoms with E-state index in [1.807, 2.05) is 30.3 Å². The predicted octanol–water partition coefficient (Wildman–Crippen LogP) is 5.18. The highest BCUT2D eigenvalue weighted by molar-refractivity contribution is 7.80. The SMILES string of the molecule is C[C@@H](OC[C@@]1(c2ccccc2)CNC(=S)N1)c1cc(C(F)(F)F)cc(C(F)(F)F)c1. The first-order valence-electron chi connectivity index (χ1n) is 8.93. The minimum absolute atomic E-state index is 0.0249. The average Bonchev–Trinajstić information content (AvgIpc) is 3.07. The zero-order valence-corrected chi connectivity index (χ0v) is 16.5. The number of thiocarbonyl (C=S) groups is 1. The van der Waals surface area contributed by atoms with Crippen LogP contribution in [0.1, 0.15) is 35.3 Å². The van der Waals surface area contributed by atoms with Crippen LogP contribution in [0.3, 0.4) is 0 Å². The number of nitrogens with one attached hydrogen (secondary N) is 2. The summed E-state index contributed by atoms with van der Waals surface area (Å²) in [6.07, 6.45) is -10.8. The van der Waals surface area contributed by atoms with Gasteiger partial charge in [-0.25, -0.2) is 0 Å². The van der Waals surface area contributed by atoms with Gasteiger partial charge in [-0.3, -0.25) is 0 Å². The first kappa shape index (κ1) is 22.4. The van der Waals surface area contributed by atoms with E-state index in [1.165, 1.54) is 6.92 Å².